The lowest BCUT2D eigenvalue weighted by Gasteiger charge is -2.40. The van der Waals surface area contributed by atoms with Crippen molar-refractivity contribution in [3.8, 4) is 5.75 Å². The Morgan fingerprint density at radius 3 is 2.33 bits per heavy atom. The first-order valence-corrected chi connectivity index (χ1v) is 12.7. The Balaban J connectivity index is 1.39. The van der Waals surface area contributed by atoms with Gasteiger partial charge in [-0.2, -0.15) is 0 Å². The Hall–Kier alpha value is -2.12. The fourth-order valence-corrected chi connectivity index (χ4v) is 5.46. The fourth-order valence-electron chi connectivity index (χ4n) is 5.46. The van der Waals surface area contributed by atoms with Crippen molar-refractivity contribution in [1.82, 2.24) is 19.6 Å². The Morgan fingerprint density at radius 1 is 0.939 bits per heavy atom. The Labute approximate surface area is 198 Å². The molecule has 0 unspecified atom stereocenters. The number of para-hydroxylation sites is 1. The first-order chi connectivity index (χ1) is 16.0. The second-order valence-corrected chi connectivity index (χ2v) is 10.1. The molecule has 0 radical (unpaired) electrons. The molecule has 0 aromatic heterocycles. The number of piperidine rings is 1. The first-order valence-electron chi connectivity index (χ1n) is 12.7. The summed E-state index contributed by atoms with van der Waals surface area (Å²) in [6.07, 6.45) is 6.06. The molecule has 1 aliphatic carbocycles. The summed E-state index contributed by atoms with van der Waals surface area (Å²) in [5.41, 5.74) is 0. The molecule has 1 saturated carbocycles. The maximum absolute atomic E-state index is 13.1. The molecular formula is C26H40N4O3. The molecule has 2 atom stereocenters. The van der Waals surface area contributed by atoms with Gasteiger partial charge < -0.3 is 19.4 Å². The lowest BCUT2D eigenvalue weighted by molar-refractivity contribution is -0.140. The van der Waals surface area contributed by atoms with Gasteiger partial charge in [-0.05, 0) is 39.1 Å². The minimum atomic E-state index is -0.0552. The average molecular weight is 457 g/mol. The van der Waals surface area contributed by atoms with E-state index in [-0.39, 0.29) is 23.8 Å². The summed E-state index contributed by atoms with van der Waals surface area (Å²) in [6.45, 7) is 5.13. The summed E-state index contributed by atoms with van der Waals surface area (Å²) in [7, 11) is 4.17. The number of likely N-dealkylation sites (tertiary alicyclic amines) is 1. The van der Waals surface area contributed by atoms with E-state index >= 15 is 0 Å². The standard InChI is InChI=1S/C26H40N4O3/c1-27-14-16-29(17-15-27)25(31)18-21-19-30(26(32)20-28(2)22-8-6-7-9-22)13-12-24(21)33-23-10-4-3-5-11-23/h3-5,10-11,21-22,24H,6-9,12-20H2,1-2H3/t21-,24-/m0/s1. The zero-order chi connectivity index (χ0) is 23.2. The minimum Gasteiger partial charge on any atom is -0.490 e. The van der Waals surface area contributed by atoms with Crippen molar-refractivity contribution in [1.29, 1.82) is 0 Å². The van der Waals surface area contributed by atoms with E-state index in [1.165, 1.54) is 25.7 Å². The Kier molecular flexibility index (Phi) is 8.25. The lowest BCUT2D eigenvalue weighted by atomic mass is 9.90. The van der Waals surface area contributed by atoms with Crippen LogP contribution in [0.2, 0.25) is 0 Å². The second-order valence-electron chi connectivity index (χ2n) is 10.1. The van der Waals surface area contributed by atoms with E-state index in [0.717, 1.165) is 38.3 Å². The highest BCUT2D eigenvalue weighted by Gasteiger charge is 2.36. The third kappa shape index (κ3) is 6.48. The van der Waals surface area contributed by atoms with Crippen LogP contribution in [0.25, 0.3) is 0 Å². The molecule has 3 aliphatic rings. The molecule has 0 bridgehead atoms. The SMILES string of the molecule is CN1CCN(C(=O)C[C@H]2CN(C(=O)CN(C)C3CCCC3)CC[C@@H]2Oc2ccccc2)CC1. The molecule has 2 amide bonds. The highest BCUT2D eigenvalue weighted by atomic mass is 16.5. The summed E-state index contributed by atoms with van der Waals surface area (Å²) < 4.78 is 6.34. The van der Waals surface area contributed by atoms with Crippen LogP contribution in [-0.4, -0.2) is 103 Å². The molecule has 33 heavy (non-hydrogen) atoms. The average Bonchev–Trinajstić information content (AvgIpc) is 3.36. The highest BCUT2D eigenvalue weighted by molar-refractivity contribution is 5.79. The van der Waals surface area contributed by atoms with Gasteiger partial charge in [-0.25, -0.2) is 0 Å². The number of carbonyl (C=O) groups is 2. The van der Waals surface area contributed by atoms with Gasteiger partial charge in [0.1, 0.15) is 11.9 Å². The second kappa shape index (κ2) is 11.3. The normalized spacial score (nSPS) is 24.9. The molecular weight excluding hydrogens is 416 g/mol. The first kappa shape index (κ1) is 24.0. The predicted molar refractivity (Wildman–Crippen MR) is 129 cm³/mol. The van der Waals surface area contributed by atoms with Gasteiger partial charge in [0.25, 0.3) is 0 Å². The zero-order valence-electron chi connectivity index (χ0n) is 20.3. The van der Waals surface area contributed by atoms with Crippen molar-refractivity contribution in [2.45, 2.75) is 50.7 Å². The molecule has 7 heteroatoms. The number of amides is 2. The molecule has 3 fully saturated rings. The molecule has 1 aromatic rings. The van der Waals surface area contributed by atoms with E-state index in [2.05, 4.69) is 23.9 Å². The number of hydrogen-bond donors (Lipinski definition) is 0. The van der Waals surface area contributed by atoms with Gasteiger partial charge in [0.2, 0.25) is 11.8 Å². The van der Waals surface area contributed by atoms with Crippen molar-refractivity contribution in [2.24, 2.45) is 5.92 Å². The molecule has 0 N–H and O–H groups in total. The van der Waals surface area contributed by atoms with E-state index in [0.29, 0.717) is 32.1 Å². The van der Waals surface area contributed by atoms with Gasteiger partial charge in [-0.3, -0.25) is 14.5 Å². The largest absolute Gasteiger partial charge is 0.490 e. The number of piperazine rings is 1. The summed E-state index contributed by atoms with van der Waals surface area (Å²) in [6, 6.07) is 10.4. The Morgan fingerprint density at radius 2 is 1.64 bits per heavy atom. The molecule has 2 heterocycles. The van der Waals surface area contributed by atoms with Crippen LogP contribution in [0.3, 0.4) is 0 Å². The monoisotopic (exact) mass is 456 g/mol. The zero-order valence-corrected chi connectivity index (χ0v) is 20.3. The summed E-state index contributed by atoms with van der Waals surface area (Å²) in [5.74, 6) is 1.21. The lowest BCUT2D eigenvalue weighted by Crippen LogP contribution is -2.53. The van der Waals surface area contributed by atoms with Gasteiger partial charge in [0.15, 0.2) is 0 Å². The number of benzene rings is 1. The number of rotatable bonds is 7. The van der Waals surface area contributed by atoms with Crippen molar-refractivity contribution in [3.63, 3.8) is 0 Å². The van der Waals surface area contributed by atoms with Crippen molar-refractivity contribution < 1.29 is 14.3 Å². The van der Waals surface area contributed by atoms with Crippen LogP contribution in [-0.2, 0) is 9.59 Å². The smallest absolute Gasteiger partial charge is 0.236 e. The van der Waals surface area contributed by atoms with Crippen molar-refractivity contribution in [2.75, 3.05) is 59.9 Å². The van der Waals surface area contributed by atoms with Crippen LogP contribution in [0, 0.1) is 5.92 Å². The molecule has 2 aliphatic heterocycles. The van der Waals surface area contributed by atoms with Crippen LogP contribution in [0.1, 0.15) is 38.5 Å². The van der Waals surface area contributed by atoms with E-state index in [1.54, 1.807) is 0 Å². The van der Waals surface area contributed by atoms with Crippen LogP contribution in [0.5, 0.6) is 5.75 Å². The molecule has 0 spiro atoms. The third-order valence-corrected chi connectivity index (χ3v) is 7.67. The van der Waals surface area contributed by atoms with E-state index in [4.69, 9.17) is 4.74 Å². The summed E-state index contributed by atoms with van der Waals surface area (Å²) >= 11 is 0. The van der Waals surface area contributed by atoms with Crippen molar-refractivity contribution in [3.05, 3.63) is 30.3 Å². The van der Waals surface area contributed by atoms with E-state index in [1.807, 2.05) is 40.1 Å². The van der Waals surface area contributed by atoms with Gasteiger partial charge >= 0.3 is 0 Å². The molecule has 182 valence electrons. The summed E-state index contributed by atoms with van der Waals surface area (Å²) in [4.78, 5) is 34.7. The predicted octanol–water partition coefficient (Wildman–Crippen LogP) is 2.32. The third-order valence-electron chi connectivity index (χ3n) is 7.67. The highest BCUT2D eigenvalue weighted by Crippen LogP contribution is 2.27. The van der Waals surface area contributed by atoms with Crippen molar-refractivity contribution >= 4 is 11.8 Å². The van der Waals surface area contributed by atoms with E-state index in [9.17, 15) is 9.59 Å². The van der Waals surface area contributed by atoms with Crippen LogP contribution in [0.15, 0.2) is 30.3 Å². The topological polar surface area (TPSA) is 56.3 Å². The van der Waals surface area contributed by atoms with Crippen LogP contribution >= 0.6 is 0 Å². The fraction of sp³-hybridized carbons (Fsp3) is 0.692. The molecule has 1 aromatic carbocycles. The maximum atomic E-state index is 13.1. The molecule has 2 saturated heterocycles. The number of carbonyl (C=O) groups excluding carboxylic acids is 2. The maximum Gasteiger partial charge on any atom is 0.236 e. The van der Waals surface area contributed by atoms with Crippen LogP contribution < -0.4 is 4.74 Å². The van der Waals surface area contributed by atoms with Gasteiger partial charge in [-0.1, -0.05) is 31.0 Å². The number of nitrogens with zero attached hydrogens (tertiary/aromatic N) is 4. The number of hydrogen-bond acceptors (Lipinski definition) is 5. The minimum absolute atomic E-state index is 0.00634. The van der Waals surface area contributed by atoms with Gasteiger partial charge in [-0.15, -0.1) is 0 Å². The quantitative estimate of drug-likeness (QED) is 0.630. The molecule has 7 nitrogen and oxygen atoms in total. The Bertz CT molecular complexity index is 775. The molecule has 4 rings (SSSR count). The van der Waals surface area contributed by atoms with Crippen LogP contribution in [0.4, 0.5) is 0 Å². The number of likely N-dealkylation sites (N-methyl/N-ethyl adjacent to an activating group) is 2. The van der Waals surface area contributed by atoms with Gasteiger partial charge in [0, 0.05) is 64.1 Å². The summed E-state index contributed by atoms with van der Waals surface area (Å²) in [5, 5.41) is 0. The van der Waals surface area contributed by atoms with Gasteiger partial charge in [0.05, 0.1) is 6.54 Å². The van der Waals surface area contributed by atoms with E-state index < -0.39 is 0 Å². The number of ether oxygens (including phenoxy) is 1.